The van der Waals surface area contributed by atoms with Gasteiger partial charge in [-0.05, 0) is 31.2 Å². The van der Waals surface area contributed by atoms with Crippen molar-refractivity contribution in [2.45, 2.75) is 22.1 Å². The van der Waals surface area contributed by atoms with Crippen molar-refractivity contribution in [3.63, 3.8) is 0 Å². The van der Waals surface area contributed by atoms with Crippen LogP contribution in [0.1, 0.15) is 6.92 Å². The Kier molecular flexibility index (Phi) is 3.23. The molecule has 0 fully saturated rings. The molecule has 1 heterocycles. The minimum Gasteiger partial charge on any atom is -0.338 e. The number of anilines is 2. The summed E-state index contributed by atoms with van der Waals surface area (Å²) >= 11 is 8.02. The van der Waals surface area contributed by atoms with Crippen LogP contribution in [0.2, 0.25) is 0 Å². The molecule has 0 N–H and O–H groups in total. The van der Waals surface area contributed by atoms with Crippen LogP contribution in [0.15, 0.2) is 58.3 Å². The fourth-order valence-electron chi connectivity index (χ4n) is 2.23. The third-order valence-electron chi connectivity index (χ3n) is 2.97. The summed E-state index contributed by atoms with van der Waals surface area (Å²) in [6.07, 6.45) is 0. The fourth-order valence-corrected chi connectivity index (χ4v) is 3.46. The molecule has 3 rings (SSSR count). The van der Waals surface area contributed by atoms with Gasteiger partial charge in [-0.1, -0.05) is 36.0 Å². The zero-order valence-corrected chi connectivity index (χ0v) is 11.7. The van der Waals surface area contributed by atoms with Gasteiger partial charge in [-0.3, -0.25) is 0 Å². The van der Waals surface area contributed by atoms with E-state index in [-0.39, 0.29) is 5.38 Å². The summed E-state index contributed by atoms with van der Waals surface area (Å²) in [5, 5.41) is 0.120. The second-order valence-corrected chi connectivity index (χ2v) is 6.26. The van der Waals surface area contributed by atoms with Crippen LogP contribution in [-0.4, -0.2) is 11.9 Å². The second kappa shape index (κ2) is 4.87. The van der Waals surface area contributed by atoms with Crippen LogP contribution < -0.4 is 4.90 Å². The minimum absolute atomic E-state index is 0.120. The summed E-state index contributed by atoms with van der Waals surface area (Å²) in [6, 6.07) is 17.0. The molecule has 0 unspecified atom stereocenters. The van der Waals surface area contributed by atoms with E-state index in [1.165, 1.54) is 21.2 Å². The van der Waals surface area contributed by atoms with Crippen molar-refractivity contribution in [3.8, 4) is 0 Å². The summed E-state index contributed by atoms with van der Waals surface area (Å²) in [4.78, 5) is 4.92. The van der Waals surface area contributed by atoms with Crippen LogP contribution in [0.25, 0.3) is 0 Å². The molecular formula is C15H14ClNS. The number of hydrogen-bond acceptors (Lipinski definition) is 2. The van der Waals surface area contributed by atoms with Gasteiger partial charge in [-0.15, -0.1) is 11.6 Å². The SMILES string of the molecule is C[C@@H](Cl)CN1c2ccccc2Sc2ccccc21. The molecule has 0 amide bonds. The van der Waals surface area contributed by atoms with Crippen LogP contribution in [0, 0.1) is 0 Å². The number of halogens is 1. The number of hydrogen-bond donors (Lipinski definition) is 0. The second-order valence-electron chi connectivity index (χ2n) is 4.43. The Morgan fingerprint density at radius 2 is 1.50 bits per heavy atom. The molecule has 0 bridgehead atoms. The van der Waals surface area contributed by atoms with Crippen molar-refractivity contribution in [2.75, 3.05) is 11.4 Å². The Labute approximate surface area is 117 Å². The Bertz CT molecular complexity index is 522. The molecule has 1 aliphatic rings. The van der Waals surface area contributed by atoms with Gasteiger partial charge in [0, 0.05) is 21.7 Å². The number of para-hydroxylation sites is 2. The van der Waals surface area contributed by atoms with E-state index in [4.69, 9.17) is 11.6 Å². The Morgan fingerprint density at radius 1 is 1.00 bits per heavy atom. The molecule has 1 atom stereocenters. The van der Waals surface area contributed by atoms with Gasteiger partial charge in [0.2, 0.25) is 0 Å². The maximum absolute atomic E-state index is 6.20. The van der Waals surface area contributed by atoms with Crippen molar-refractivity contribution < 1.29 is 0 Å². The molecule has 18 heavy (non-hydrogen) atoms. The van der Waals surface area contributed by atoms with Crippen LogP contribution >= 0.6 is 23.4 Å². The highest BCUT2D eigenvalue weighted by Crippen LogP contribution is 2.47. The zero-order valence-electron chi connectivity index (χ0n) is 10.1. The maximum Gasteiger partial charge on any atom is 0.0553 e. The first-order valence-electron chi connectivity index (χ1n) is 6.03. The van der Waals surface area contributed by atoms with E-state index < -0.39 is 0 Å². The Hall–Kier alpha value is -1.12. The van der Waals surface area contributed by atoms with Crippen LogP contribution in [0.3, 0.4) is 0 Å². The smallest absolute Gasteiger partial charge is 0.0553 e. The standard InChI is InChI=1S/C15H14ClNS/c1-11(16)10-17-12-6-2-4-8-14(12)18-15-9-5-3-7-13(15)17/h2-9,11H,10H2,1H3/t11-/m1/s1. The van der Waals surface area contributed by atoms with E-state index in [0.717, 1.165) is 6.54 Å². The molecule has 0 aromatic heterocycles. The van der Waals surface area contributed by atoms with E-state index in [9.17, 15) is 0 Å². The van der Waals surface area contributed by atoms with Gasteiger partial charge in [0.25, 0.3) is 0 Å². The summed E-state index contributed by atoms with van der Waals surface area (Å²) in [6.45, 7) is 2.87. The van der Waals surface area contributed by atoms with E-state index in [1.54, 1.807) is 0 Å². The lowest BCUT2D eigenvalue weighted by Gasteiger charge is -2.33. The average Bonchev–Trinajstić information content (AvgIpc) is 2.38. The molecule has 2 aromatic carbocycles. The molecule has 0 radical (unpaired) electrons. The largest absolute Gasteiger partial charge is 0.338 e. The van der Waals surface area contributed by atoms with Crippen molar-refractivity contribution in [1.29, 1.82) is 0 Å². The van der Waals surface area contributed by atoms with Crippen LogP contribution in [0.5, 0.6) is 0 Å². The highest BCUT2D eigenvalue weighted by atomic mass is 35.5. The third-order valence-corrected chi connectivity index (χ3v) is 4.23. The fraction of sp³-hybridized carbons (Fsp3) is 0.200. The first kappa shape index (κ1) is 11.9. The Balaban J connectivity index is 2.11. The molecule has 0 saturated heterocycles. The van der Waals surface area contributed by atoms with E-state index in [0.29, 0.717) is 0 Å². The topological polar surface area (TPSA) is 3.24 Å². The van der Waals surface area contributed by atoms with E-state index >= 15 is 0 Å². The highest BCUT2D eigenvalue weighted by Gasteiger charge is 2.23. The van der Waals surface area contributed by atoms with Crippen molar-refractivity contribution >= 4 is 34.7 Å². The highest BCUT2D eigenvalue weighted by molar-refractivity contribution is 7.99. The lowest BCUT2D eigenvalue weighted by molar-refractivity contribution is 0.873. The average molecular weight is 276 g/mol. The van der Waals surface area contributed by atoms with Crippen molar-refractivity contribution in [3.05, 3.63) is 48.5 Å². The van der Waals surface area contributed by atoms with Gasteiger partial charge in [0.05, 0.1) is 11.4 Å². The van der Waals surface area contributed by atoms with Gasteiger partial charge in [-0.2, -0.15) is 0 Å². The molecule has 2 aromatic rings. The van der Waals surface area contributed by atoms with Gasteiger partial charge >= 0.3 is 0 Å². The first-order chi connectivity index (χ1) is 8.75. The molecule has 0 aliphatic carbocycles. The quantitative estimate of drug-likeness (QED) is 0.716. The zero-order chi connectivity index (χ0) is 12.5. The molecule has 1 nitrogen and oxygen atoms in total. The van der Waals surface area contributed by atoms with Gasteiger partial charge in [-0.25, -0.2) is 0 Å². The summed E-state index contributed by atoms with van der Waals surface area (Å²) in [7, 11) is 0. The molecule has 3 heteroatoms. The molecule has 0 spiro atoms. The van der Waals surface area contributed by atoms with Crippen molar-refractivity contribution in [2.24, 2.45) is 0 Å². The molecule has 1 aliphatic heterocycles. The Morgan fingerprint density at radius 3 is 2.00 bits per heavy atom. The van der Waals surface area contributed by atoms with Gasteiger partial charge in [0.15, 0.2) is 0 Å². The number of rotatable bonds is 2. The number of alkyl halides is 1. The van der Waals surface area contributed by atoms with E-state index in [2.05, 4.69) is 53.4 Å². The number of nitrogens with zero attached hydrogens (tertiary/aromatic N) is 1. The van der Waals surface area contributed by atoms with Crippen LogP contribution in [-0.2, 0) is 0 Å². The predicted molar refractivity (Wildman–Crippen MR) is 79.3 cm³/mol. The first-order valence-corrected chi connectivity index (χ1v) is 7.28. The molecular weight excluding hydrogens is 262 g/mol. The third kappa shape index (κ3) is 2.11. The molecule has 0 saturated carbocycles. The maximum atomic E-state index is 6.20. The number of benzene rings is 2. The van der Waals surface area contributed by atoms with Gasteiger partial charge < -0.3 is 4.90 Å². The summed E-state index contributed by atoms with van der Waals surface area (Å²) in [5.74, 6) is 0. The summed E-state index contributed by atoms with van der Waals surface area (Å²) in [5.41, 5.74) is 2.52. The van der Waals surface area contributed by atoms with Gasteiger partial charge in [0.1, 0.15) is 0 Å². The van der Waals surface area contributed by atoms with E-state index in [1.807, 2.05) is 18.7 Å². The summed E-state index contributed by atoms with van der Waals surface area (Å²) < 4.78 is 0. The monoisotopic (exact) mass is 275 g/mol. The lowest BCUT2D eigenvalue weighted by Crippen LogP contribution is -2.26. The normalized spacial score (nSPS) is 14.9. The number of fused-ring (bicyclic) bond motifs is 2. The molecule has 92 valence electrons. The van der Waals surface area contributed by atoms with Crippen molar-refractivity contribution in [1.82, 2.24) is 0 Å². The van der Waals surface area contributed by atoms with Crippen LogP contribution in [0.4, 0.5) is 11.4 Å². The predicted octanol–water partition coefficient (Wildman–Crippen LogP) is 4.92. The lowest BCUT2D eigenvalue weighted by atomic mass is 10.2. The minimum atomic E-state index is 0.120.